The Morgan fingerprint density at radius 1 is 0.852 bits per heavy atom. The molecule has 0 aliphatic heterocycles. The standard InChI is InChI=1S/C21H13F3N2O/c22-21(23,24)17-5-7-18(8-6-17)26-11-9-16(13-20(26)27)15-4-3-14-2-1-10-25-19(14)12-15/h1-13H. The van der Waals surface area contributed by atoms with Crippen molar-refractivity contribution >= 4 is 10.9 Å². The Kier molecular flexibility index (Phi) is 4.03. The van der Waals surface area contributed by atoms with Crippen molar-refractivity contribution in [3.05, 3.63) is 95.0 Å². The van der Waals surface area contributed by atoms with Crippen LogP contribution >= 0.6 is 0 Å². The van der Waals surface area contributed by atoms with Crippen molar-refractivity contribution in [1.82, 2.24) is 9.55 Å². The third kappa shape index (κ3) is 3.33. The number of hydrogen-bond acceptors (Lipinski definition) is 2. The van der Waals surface area contributed by atoms with Crippen molar-refractivity contribution < 1.29 is 13.2 Å². The number of aromatic nitrogens is 2. The Morgan fingerprint density at radius 2 is 1.59 bits per heavy atom. The van der Waals surface area contributed by atoms with Gasteiger partial charge in [-0.2, -0.15) is 13.2 Å². The summed E-state index contributed by atoms with van der Waals surface area (Å²) >= 11 is 0. The molecule has 0 aliphatic rings. The zero-order chi connectivity index (χ0) is 19.0. The van der Waals surface area contributed by atoms with E-state index in [1.807, 2.05) is 30.3 Å². The number of nitrogens with zero attached hydrogens (tertiary/aromatic N) is 2. The minimum absolute atomic E-state index is 0.326. The maximum atomic E-state index is 12.7. The molecule has 0 atom stereocenters. The second kappa shape index (κ2) is 6.39. The molecule has 2 aromatic carbocycles. The first kappa shape index (κ1) is 17.0. The monoisotopic (exact) mass is 366 g/mol. The first-order valence-corrected chi connectivity index (χ1v) is 8.17. The molecule has 0 aliphatic carbocycles. The van der Waals surface area contributed by atoms with E-state index in [1.54, 1.807) is 18.5 Å². The van der Waals surface area contributed by atoms with E-state index >= 15 is 0 Å². The van der Waals surface area contributed by atoms with Gasteiger partial charge in [-0.15, -0.1) is 0 Å². The number of rotatable bonds is 2. The van der Waals surface area contributed by atoms with Gasteiger partial charge in [0, 0.05) is 29.5 Å². The van der Waals surface area contributed by atoms with Crippen molar-refractivity contribution in [2.45, 2.75) is 6.18 Å². The van der Waals surface area contributed by atoms with Gasteiger partial charge in [0.15, 0.2) is 0 Å². The summed E-state index contributed by atoms with van der Waals surface area (Å²) in [7, 11) is 0. The number of hydrogen-bond donors (Lipinski definition) is 0. The van der Waals surface area contributed by atoms with Crippen LogP contribution in [0.2, 0.25) is 0 Å². The van der Waals surface area contributed by atoms with E-state index < -0.39 is 11.7 Å². The van der Waals surface area contributed by atoms with Crippen molar-refractivity contribution in [2.75, 3.05) is 0 Å². The van der Waals surface area contributed by atoms with Crippen LogP contribution in [-0.2, 0) is 6.18 Å². The highest BCUT2D eigenvalue weighted by molar-refractivity contribution is 5.83. The smallest absolute Gasteiger partial charge is 0.284 e. The molecule has 134 valence electrons. The Bertz CT molecular complexity index is 1180. The van der Waals surface area contributed by atoms with Gasteiger partial charge in [0.25, 0.3) is 5.56 Å². The average Bonchev–Trinajstić information content (AvgIpc) is 2.67. The summed E-state index contributed by atoms with van der Waals surface area (Å²) in [5.74, 6) is 0. The minimum atomic E-state index is -4.41. The van der Waals surface area contributed by atoms with Gasteiger partial charge in [0.1, 0.15) is 0 Å². The SMILES string of the molecule is O=c1cc(-c2ccc3cccnc3c2)ccn1-c1ccc(C(F)(F)F)cc1. The van der Waals surface area contributed by atoms with Crippen LogP contribution in [0, 0.1) is 0 Å². The predicted octanol–water partition coefficient (Wildman–Crippen LogP) is 5.07. The van der Waals surface area contributed by atoms with Crippen LogP contribution in [0.25, 0.3) is 27.7 Å². The number of benzene rings is 2. The molecule has 3 nitrogen and oxygen atoms in total. The van der Waals surface area contributed by atoms with E-state index in [1.165, 1.54) is 22.8 Å². The molecule has 2 heterocycles. The lowest BCUT2D eigenvalue weighted by atomic mass is 10.0. The maximum Gasteiger partial charge on any atom is 0.416 e. The van der Waals surface area contributed by atoms with Crippen molar-refractivity contribution in [3.8, 4) is 16.8 Å². The molecule has 4 aromatic rings. The molecular weight excluding hydrogens is 353 g/mol. The van der Waals surface area contributed by atoms with Gasteiger partial charge >= 0.3 is 6.18 Å². The molecule has 0 N–H and O–H groups in total. The minimum Gasteiger partial charge on any atom is -0.284 e. The fraction of sp³-hybridized carbons (Fsp3) is 0.0476. The molecule has 0 saturated carbocycles. The van der Waals surface area contributed by atoms with Crippen LogP contribution in [0.1, 0.15) is 5.56 Å². The summed E-state index contributed by atoms with van der Waals surface area (Å²) in [6.45, 7) is 0. The molecule has 2 aromatic heterocycles. The lowest BCUT2D eigenvalue weighted by Gasteiger charge is -2.10. The highest BCUT2D eigenvalue weighted by atomic mass is 19.4. The van der Waals surface area contributed by atoms with Crippen LogP contribution in [-0.4, -0.2) is 9.55 Å². The molecule has 0 radical (unpaired) electrons. The van der Waals surface area contributed by atoms with E-state index in [0.717, 1.165) is 34.2 Å². The van der Waals surface area contributed by atoms with Crippen molar-refractivity contribution in [2.24, 2.45) is 0 Å². The summed E-state index contributed by atoms with van der Waals surface area (Å²) < 4.78 is 39.3. The number of halogens is 3. The molecular formula is C21H13F3N2O. The average molecular weight is 366 g/mol. The van der Waals surface area contributed by atoms with Gasteiger partial charge in [0.2, 0.25) is 0 Å². The van der Waals surface area contributed by atoms with Crippen molar-refractivity contribution in [3.63, 3.8) is 0 Å². The van der Waals surface area contributed by atoms with E-state index in [4.69, 9.17) is 0 Å². The van der Waals surface area contributed by atoms with E-state index in [9.17, 15) is 18.0 Å². The van der Waals surface area contributed by atoms with Crippen LogP contribution < -0.4 is 5.56 Å². The second-order valence-corrected chi connectivity index (χ2v) is 6.08. The lowest BCUT2D eigenvalue weighted by molar-refractivity contribution is -0.137. The fourth-order valence-electron chi connectivity index (χ4n) is 2.93. The molecule has 0 amide bonds. The number of fused-ring (bicyclic) bond motifs is 1. The quantitative estimate of drug-likeness (QED) is 0.496. The molecule has 4 rings (SSSR count). The molecule has 0 unspecified atom stereocenters. The van der Waals surface area contributed by atoms with Gasteiger partial charge in [-0.25, -0.2) is 0 Å². The Hall–Kier alpha value is -3.41. The topological polar surface area (TPSA) is 34.9 Å². The molecule has 0 spiro atoms. The molecule has 0 fully saturated rings. The third-order valence-corrected chi connectivity index (χ3v) is 4.33. The first-order valence-electron chi connectivity index (χ1n) is 8.17. The first-order chi connectivity index (χ1) is 12.9. The highest BCUT2D eigenvalue weighted by Crippen LogP contribution is 2.29. The highest BCUT2D eigenvalue weighted by Gasteiger charge is 2.30. The van der Waals surface area contributed by atoms with Gasteiger partial charge in [0.05, 0.1) is 11.1 Å². The largest absolute Gasteiger partial charge is 0.416 e. The van der Waals surface area contributed by atoms with Gasteiger partial charge in [-0.1, -0.05) is 18.2 Å². The normalized spacial score (nSPS) is 11.7. The lowest BCUT2D eigenvalue weighted by Crippen LogP contribution is -2.16. The van der Waals surface area contributed by atoms with Crippen molar-refractivity contribution in [1.29, 1.82) is 0 Å². The second-order valence-electron chi connectivity index (χ2n) is 6.08. The summed E-state index contributed by atoms with van der Waals surface area (Å²) in [5.41, 5.74) is 1.68. The summed E-state index contributed by atoms with van der Waals surface area (Å²) in [6.07, 6.45) is -1.14. The summed E-state index contributed by atoms with van der Waals surface area (Å²) in [4.78, 5) is 16.8. The number of alkyl halides is 3. The maximum absolute atomic E-state index is 12.7. The zero-order valence-corrected chi connectivity index (χ0v) is 13.9. The van der Waals surface area contributed by atoms with Crippen LogP contribution in [0.3, 0.4) is 0 Å². The summed E-state index contributed by atoms with van der Waals surface area (Å²) in [6, 6.07) is 17.2. The van der Waals surface area contributed by atoms with Crippen LogP contribution in [0.5, 0.6) is 0 Å². The molecule has 6 heteroatoms. The van der Waals surface area contributed by atoms with Crippen LogP contribution in [0.4, 0.5) is 13.2 Å². The zero-order valence-electron chi connectivity index (χ0n) is 13.9. The summed E-state index contributed by atoms with van der Waals surface area (Å²) in [5, 5.41) is 0.999. The molecule has 27 heavy (non-hydrogen) atoms. The van der Waals surface area contributed by atoms with Gasteiger partial charge in [-0.3, -0.25) is 14.3 Å². The van der Waals surface area contributed by atoms with E-state index in [2.05, 4.69) is 4.98 Å². The number of pyridine rings is 2. The molecule has 0 saturated heterocycles. The van der Waals surface area contributed by atoms with Gasteiger partial charge in [-0.05, 0) is 53.6 Å². The Labute approximate surface area is 152 Å². The van der Waals surface area contributed by atoms with Crippen LogP contribution in [0.15, 0.2) is 83.9 Å². The predicted molar refractivity (Wildman–Crippen MR) is 97.8 cm³/mol. The fourth-order valence-corrected chi connectivity index (χ4v) is 2.93. The van der Waals surface area contributed by atoms with E-state index in [0.29, 0.717) is 5.69 Å². The third-order valence-electron chi connectivity index (χ3n) is 4.33. The Morgan fingerprint density at radius 3 is 2.30 bits per heavy atom. The molecule has 0 bridgehead atoms. The van der Waals surface area contributed by atoms with Gasteiger partial charge < -0.3 is 0 Å². The Balaban J connectivity index is 1.71. The van der Waals surface area contributed by atoms with E-state index in [-0.39, 0.29) is 5.56 Å².